The van der Waals surface area contributed by atoms with E-state index in [-0.39, 0.29) is 12.0 Å². The van der Waals surface area contributed by atoms with Crippen molar-refractivity contribution in [2.45, 2.75) is 26.9 Å². The van der Waals surface area contributed by atoms with E-state index < -0.39 is 0 Å². The summed E-state index contributed by atoms with van der Waals surface area (Å²) in [7, 11) is 0. The average molecular weight is 324 g/mol. The summed E-state index contributed by atoms with van der Waals surface area (Å²) in [6.45, 7) is 6.14. The highest BCUT2D eigenvalue weighted by molar-refractivity contribution is 5.94. The number of pyridine rings is 2. The van der Waals surface area contributed by atoms with Gasteiger partial charge >= 0.3 is 0 Å². The van der Waals surface area contributed by atoms with Crippen LogP contribution in [-0.4, -0.2) is 32.9 Å². The fourth-order valence-electron chi connectivity index (χ4n) is 2.55. The molecule has 3 rings (SSSR count). The maximum atomic E-state index is 12.5. The number of ether oxygens (including phenoxy) is 1. The number of carbonyl (C=O) groups is 1. The van der Waals surface area contributed by atoms with Gasteiger partial charge in [0.05, 0.1) is 18.4 Å². The molecular formula is C18H20N4O2. The van der Waals surface area contributed by atoms with Crippen LogP contribution in [0.25, 0.3) is 5.65 Å². The maximum Gasteiger partial charge on any atom is 0.270 e. The smallest absolute Gasteiger partial charge is 0.270 e. The topological polar surface area (TPSA) is 68.5 Å². The number of nitrogens with zero attached hydrogens (tertiary/aromatic N) is 3. The second-order valence-corrected chi connectivity index (χ2v) is 5.81. The normalized spacial score (nSPS) is 12.1. The first-order valence-electron chi connectivity index (χ1n) is 7.85. The Bertz CT molecular complexity index is 858. The van der Waals surface area contributed by atoms with Gasteiger partial charge in [0.25, 0.3) is 5.91 Å². The summed E-state index contributed by atoms with van der Waals surface area (Å²) in [5, 5.41) is 2.91. The SMILES string of the molecule is Cc1ccn2c(C(=O)NC[C@H](C)Oc3cccnc3)c(C)nc2c1. The molecule has 0 unspecified atom stereocenters. The van der Waals surface area contributed by atoms with Gasteiger partial charge in [-0.25, -0.2) is 4.98 Å². The zero-order valence-electron chi connectivity index (χ0n) is 14.0. The van der Waals surface area contributed by atoms with Crippen LogP contribution in [0.5, 0.6) is 5.75 Å². The van der Waals surface area contributed by atoms with E-state index in [4.69, 9.17) is 4.74 Å². The molecule has 0 aliphatic heterocycles. The van der Waals surface area contributed by atoms with Crippen LogP contribution < -0.4 is 10.1 Å². The van der Waals surface area contributed by atoms with Crippen LogP contribution >= 0.6 is 0 Å². The number of amides is 1. The third-order valence-corrected chi connectivity index (χ3v) is 3.69. The minimum absolute atomic E-state index is 0.162. The summed E-state index contributed by atoms with van der Waals surface area (Å²) in [5.41, 5.74) is 3.15. The second kappa shape index (κ2) is 6.70. The molecule has 0 bridgehead atoms. The molecule has 0 saturated heterocycles. The molecule has 0 radical (unpaired) electrons. The molecule has 0 aliphatic rings. The maximum absolute atomic E-state index is 12.5. The Morgan fingerprint density at radius 3 is 2.96 bits per heavy atom. The number of hydrogen-bond donors (Lipinski definition) is 1. The minimum atomic E-state index is -0.167. The lowest BCUT2D eigenvalue weighted by Gasteiger charge is -2.15. The van der Waals surface area contributed by atoms with Crippen LogP contribution in [0, 0.1) is 13.8 Å². The molecule has 1 atom stereocenters. The predicted octanol–water partition coefficient (Wildman–Crippen LogP) is 2.54. The lowest BCUT2D eigenvalue weighted by atomic mass is 10.3. The van der Waals surface area contributed by atoms with E-state index in [0.717, 1.165) is 11.2 Å². The molecule has 1 amide bonds. The Morgan fingerprint density at radius 2 is 2.21 bits per heavy atom. The standard InChI is InChI=1S/C18H20N4O2/c1-12-6-8-22-16(9-12)21-14(3)17(22)18(23)20-10-13(2)24-15-5-4-7-19-11-15/h4-9,11,13H,10H2,1-3H3,(H,20,23)/t13-/m0/s1. The molecule has 3 aromatic heterocycles. The Kier molecular flexibility index (Phi) is 4.46. The van der Waals surface area contributed by atoms with Gasteiger partial charge in [0, 0.05) is 12.4 Å². The Hall–Kier alpha value is -2.89. The van der Waals surface area contributed by atoms with Crippen LogP contribution in [0.1, 0.15) is 28.7 Å². The van der Waals surface area contributed by atoms with Gasteiger partial charge < -0.3 is 10.1 Å². The van der Waals surface area contributed by atoms with Crippen molar-refractivity contribution in [3.63, 3.8) is 0 Å². The summed E-state index contributed by atoms with van der Waals surface area (Å²) in [6.07, 6.45) is 5.04. The molecule has 3 heterocycles. The monoisotopic (exact) mass is 324 g/mol. The van der Waals surface area contributed by atoms with Crippen molar-refractivity contribution in [3.05, 3.63) is 59.8 Å². The van der Waals surface area contributed by atoms with Gasteiger partial charge in [-0.1, -0.05) is 0 Å². The molecule has 6 nitrogen and oxygen atoms in total. The predicted molar refractivity (Wildman–Crippen MR) is 91.3 cm³/mol. The second-order valence-electron chi connectivity index (χ2n) is 5.81. The molecular weight excluding hydrogens is 304 g/mol. The van der Waals surface area contributed by atoms with Gasteiger partial charge in [0.15, 0.2) is 0 Å². The van der Waals surface area contributed by atoms with E-state index >= 15 is 0 Å². The third-order valence-electron chi connectivity index (χ3n) is 3.69. The number of aromatic nitrogens is 3. The fraction of sp³-hybridized carbons (Fsp3) is 0.278. The van der Waals surface area contributed by atoms with Crippen LogP contribution in [0.4, 0.5) is 0 Å². The fourth-order valence-corrected chi connectivity index (χ4v) is 2.55. The van der Waals surface area contributed by atoms with Crippen molar-refractivity contribution < 1.29 is 9.53 Å². The highest BCUT2D eigenvalue weighted by Gasteiger charge is 2.17. The van der Waals surface area contributed by atoms with Crippen molar-refractivity contribution >= 4 is 11.6 Å². The van der Waals surface area contributed by atoms with E-state index in [2.05, 4.69) is 15.3 Å². The summed E-state index contributed by atoms with van der Waals surface area (Å²) in [6, 6.07) is 7.56. The first-order chi connectivity index (χ1) is 11.5. The largest absolute Gasteiger partial charge is 0.487 e. The molecule has 124 valence electrons. The summed E-state index contributed by atoms with van der Waals surface area (Å²) >= 11 is 0. The number of aryl methyl sites for hydroxylation is 2. The Labute approximate surface area is 140 Å². The number of rotatable bonds is 5. The van der Waals surface area contributed by atoms with Gasteiger partial charge in [0.2, 0.25) is 0 Å². The lowest BCUT2D eigenvalue weighted by Crippen LogP contribution is -2.34. The summed E-state index contributed by atoms with van der Waals surface area (Å²) in [4.78, 5) is 21.0. The highest BCUT2D eigenvalue weighted by atomic mass is 16.5. The molecule has 0 spiro atoms. The van der Waals surface area contributed by atoms with Gasteiger partial charge in [-0.05, 0) is 50.6 Å². The van der Waals surface area contributed by atoms with E-state index in [1.165, 1.54) is 0 Å². The van der Waals surface area contributed by atoms with Gasteiger partial charge in [-0.2, -0.15) is 0 Å². The molecule has 1 N–H and O–H groups in total. The van der Waals surface area contributed by atoms with Gasteiger partial charge in [-0.15, -0.1) is 0 Å². The summed E-state index contributed by atoms with van der Waals surface area (Å²) < 4.78 is 7.53. The van der Waals surface area contributed by atoms with E-state index in [9.17, 15) is 4.79 Å². The first kappa shape index (κ1) is 16.0. The number of hydrogen-bond acceptors (Lipinski definition) is 4. The number of nitrogens with one attached hydrogen (secondary N) is 1. The van der Waals surface area contributed by atoms with Crippen LogP contribution in [0.2, 0.25) is 0 Å². The van der Waals surface area contributed by atoms with Crippen molar-refractivity contribution in [2.75, 3.05) is 6.54 Å². The highest BCUT2D eigenvalue weighted by Crippen LogP contribution is 2.14. The minimum Gasteiger partial charge on any atom is -0.487 e. The zero-order chi connectivity index (χ0) is 17.1. The van der Waals surface area contributed by atoms with Crippen molar-refractivity contribution in [1.29, 1.82) is 0 Å². The molecule has 3 aromatic rings. The molecule has 6 heteroatoms. The first-order valence-corrected chi connectivity index (χ1v) is 7.85. The third kappa shape index (κ3) is 3.37. The van der Waals surface area contributed by atoms with Gasteiger partial charge in [-0.3, -0.25) is 14.2 Å². The Balaban J connectivity index is 1.68. The van der Waals surface area contributed by atoms with Crippen molar-refractivity contribution in [1.82, 2.24) is 19.7 Å². The molecule has 0 aromatic carbocycles. The zero-order valence-corrected chi connectivity index (χ0v) is 14.0. The van der Waals surface area contributed by atoms with Crippen molar-refractivity contribution in [2.24, 2.45) is 0 Å². The van der Waals surface area contributed by atoms with E-state index in [1.54, 1.807) is 12.4 Å². The van der Waals surface area contributed by atoms with Crippen LogP contribution in [0.3, 0.4) is 0 Å². The van der Waals surface area contributed by atoms with Crippen molar-refractivity contribution in [3.8, 4) is 5.75 Å². The van der Waals surface area contributed by atoms with E-state index in [1.807, 2.05) is 55.6 Å². The molecule has 24 heavy (non-hydrogen) atoms. The summed E-state index contributed by atoms with van der Waals surface area (Å²) in [5.74, 6) is 0.520. The Morgan fingerprint density at radius 1 is 1.38 bits per heavy atom. The van der Waals surface area contributed by atoms with Gasteiger partial charge in [0.1, 0.15) is 23.2 Å². The number of fused-ring (bicyclic) bond motifs is 1. The quantitative estimate of drug-likeness (QED) is 0.783. The lowest BCUT2D eigenvalue weighted by molar-refractivity contribution is 0.0925. The van der Waals surface area contributed by atoms with E-state index in [0.29, 0.717) is 23.7 Å². The molecule has 0 aliphatic carbocycles. The number of imidazole rings is 1. The molecule has 0 fully saturated rings. The molecule has 0 saturated carbocycles. The van der Waals surface area contributed by atoms with Crippen LogP contribution in [0.15, 0.2) is 42.9 Å². The average Bonchev–Trinajstić information content (AvgIpc) is 2.88. The number of carbonyl (C=O) groups excluding carboxylic acids is 1. The van der Waals surface area contributed by atoms with Crippen LogP contribution in [-0.2, 0) is 0 Å².